The molecular formula is C20H12N4O2. The van der Waals surface area contributed by atoms with Crippen molar-refractivity contribution < 1.29 is 9.53 Å². The van der Waals surface area contributed by atoms with Crippen LogP contribution in [0.4, 0.5) is 5.69 Å². The van der Waals surface area contributed by atoms with Gasteiger partial charge in [-0.15, -0.1) is 6.42 Å². The monoisotopic (exact) mass is 340 g/mol. The Hall–Kier alpha value is -4.16. The van der Waals surface area contributed by atoms with E-state index in [1.807, 2.05) is 6.07 Å². The lowest BCUT2D eigenvalue weighted by atomic mass is 10.1. The van der Waals surface area contributed by atoms with E-state index in [0.717, 1.165) is 0 Å². The Balaban J connectivity index is 1.85. The first-order chi connectivity index (χ1) is 12.7. The fourth-order valence-corrected chi connectivity index (χ4v) is 2.22. The summed E-state index contributed by atoms with van der Waals surface area (Å²) in [4.78, 5) is 20.2. The average Bonchev–Trinajstić information content (AvgIpc) is 2.68. The van der Waals surface area contributed by atoms with E-state index in [2.05, 4.69) is 21.2 Å². The molecule has 1 aromatic heterocycles. The number of nitriles is 1. The van der Waals surface area contributed by atoms with Crippen molar-refractivity contribution in [3.05, 3.63) is 77.9 Å². The second-order valence-corrected chi connectivity index (χ2v) is 5.21. The molecule has 0 saturated heterocycles. The minimum atomic E-state index is -0.341. The van der Waals surface area contributed by atoms with E-state index < -0.39 is 0 Å². The van der Waals surface area contributed by atoms with Crippen LogP contribution in [0, 0.1) is 23.7 Å². The number of aromatic nitrogens is 2. The zero-order valence-corrected chi connectivity index (χ0v) is 13.5. The molecular weight excluding hydrogens is 328 g/mol. The predicted molar refractivity (Wildman–Crippen MR) is 95.6 cm³/mol. The number of ether oxygens (including phenoxy) is 1. The van der Waals surface area contributed by atoms with E-state index in [9.17, 15) is 10.1 Å². The molecule has 0 bridgehead atoms. The zero-order chi connectivity index (χ0) is 18.4. The predicted octanol–water partition coefficient (Wildman–Crippen LogP) is 3.37. The summed E-state index contributed by atoms with van der Waals surface area (Å²) in [6.07, 6.45) is 9.73. The number of hydrogen-bond donors (Lipinski definition) is 1. The van der Waals surface area contributed by atoms with Crippen LogP contribution in [0.2, 0.25) is 0 Å². The smallest absolute Gasteiger partial charge is 0.255 e. The molecule has 1 amide bonds. The summed E-state index contributed by atoms with van der Waals surface area (Å²) in [6, 6.07) is 13.5. The number of anilines is 1. The molecule has 1 heterocycles. The summed E-state index contributed by atoms with van der Waals surface area (Å²) in [5.41, 5.74) is 1.79. The topological polar surface area (TPSA) is 87.9 Å². The highest BCUT2D eigenvalue weighted by Crippen LogP contribution is 2.25. The van der Waals surface area contributed by atoms with Crippen molar-refractivity contribution in [2.24, 2.45) is 0 Å². The lowest BCUT2D eigenvalue weighted by molar-refractivity contribution is 0.102. The van der Waals surface area contributed by atoms with Crippen LogP contribution in [0.1, 0.15) is 21.5 Å². The van der Waals surface area contributed by atoms with Gasteiger partial charge in [0.25, 0.3) is 5.91 Å². The highest BCUT2D eigenvalue weighted by atomic mass is 16.5. The van der Waals surface area contributed by atoms with Crippen molar-refractivity contribution >= 4 is 11.6 Å². The molecule has 0 saturated carbocycles. The number of hydrogen-bond acceptors (Lipinski definition) is 5. The molecule has 0 radical (unpaired) electrons. The van der Waals surface area contributed by atoms with Crippen LogP contribution in [0.15, 0.2) is 61.2 Å². The van der Waals surface area contributed by atoms with E-state index in [0.29, 0.717) is 33.9 Å². The third kappa shape index (κ3) is 4.02. The van der Waals surface area contributed by atoms with Crippen molar-refractivity contribution in [2.45, 2.75) is 0 Å². The van der Waals surface area contributed by atoms with Gasteiger partial charge in [0.2, 0.25) is 0 Å². The lowest BCUT2D eigenvalue weighted by Crippen LogP contribution is -2.12. The first-order valence-electron chi connectivity index (χ1n) is 7.54. The molecule has 0 aliphatic rings. The van der Waals surface area contributed by atoms with E-state index in [-0.39, 0.29) is 5.91 Å². The molecule has 124 valence electrons. The van der Waals surface area contributed by atoms with E-state index in [1.165, 1.54) is 18.7 Å². The van der Waals surface area contributed by atoms with Crippen LogP contribution in [0.5, 0.6) is 11.5 Å². The Morgan fingerprint density at radius 3 is 2.62 bits per heavy atom. The molecule has 3 aromatic rings. The van der Waals surface area contributed by atoms with Gasteiger partial charge in [0.1, 0.15) is 12.1 Å². The van der Waals surface area contributed by atoms with Crippen LogP contribution in [0.25, 0.3) is 0 Å². The number of benzene rings is 2. The molecule has 6 nitrogen and oxygen atoms in total. The maximum atomic E-state index is 12.4. The first-order valence-corrected chi connectivity index (χ1v) is 7.54. The summed E-state index contributed by atoms with van der Waals surface area (Å²) in [6.45, 7) is 0. The van der Waals surface area contributed by atoms with Crippen LogP contribution in [-0.4, -0.2) is 15.9 Å². The Kier molecular flexibility index (Phi) is 4.88. The number of nitrogens with zero attached hydrogens (tertiary/aromatic N) is 3. The van der Waals surface area contributed by atoms with Gasteiger partial charge < -0.3 is 10.1 Å². The number of rotatable bonds is 4. The summed E-state index contributed by atoms with van der Waals surface area (Å²) in [7, 11) is 0. The fourth-order valence-electron chi connectivity index (χ4n) is 2.22. The van der Waals surface area contributed by atoms with Gasteiger partial charge in [-0.25, -0.2) is 9.97 Å². The standard InChI is InChI=1S/C20H12N4O2/c1-2-14-4-3-5-16(6-14)20(25)24-17-7-15(10-21)8-18(9-17)26-19-11-22-13-23-12-19/h1,3-9,11-13H,(H,24,25). The quantitative estimate of drug-likeness (QED) is 0.736. The van der Waals surface area contributed by atoms with E-state index in [1.54, 1.807) is 42.5 Å². The summed E-state index contributed by atoms with van der Waals surface area (Å²) < 4.78 is 5.63. The van der Waals surface area contributed by atoms with Gasteiger partial charge in [-0.2, -0.15) is 5.26 Å². The zero-order valence-electron chi connectivity index (χ0n) is 13.5. The van der Waals surface area contributed by atoms with Gasteiger partial charge in [0.15, 0.2) is 5.75 Å². The number of carbonyl (C=O) groups is 1. The molecule has 0 aliphatic heterocycles. The molecule has 0 atom stereocenters. The van der Waals surface area contributed by atoms with Crippen molar-refractivity contribution in [1.29, 1.82) is 5.26 Å². The fraction of sp³-hybridized carbons (Fsp3) is 0. The molecule has 26 heavy (non-hydrogen) atoms. The molecule has 0 fully saturated rings. The summed E-state index contributed by atoms with van der Waals surface area (Å²) in [5, 5.41) is 11.9. The maximum Gasteiger partial charge on any atom is 0.255 e. The third-order valence-electron chi connectivity index (χ3n) is 3.36. The molecule has 0 unspecified atom stereocenters. The van der Waals surface area contributed by atoms with Crippen molar-refractivity contribution in [2.75, 3.05) is 5.32 Å². The Labute approximate surface area is 150 Å². The van der Waals surface area contributed by atoms with Crippen LogP contribution in [-0.2, 0) is 0 Å². The van der Waals surface area contributed by atoms with Gasteiger partial charge in [-0.05, 0) is 30.3 Å². The Bertz CT molecular complexity index is 1030. The molecule has 3 rings (SSSR count). The summed E-state index contributed by atoms with van der Waals surface area (Å²) in [5.74, 6) is 2.94. The van der Waals surface area contributed by atoms with E-state index in [4.69, 9.17) is 11.2 Å². The average molecular weight is 340 g/mol. The second kappa shape index (κ2) is 7.61. The number of nitrogens with one attached hydrogen (secondary N) is 1. The maximum absolute atomic E-state index is 12.4. The van der Waals surface area contributed by atoms with Crippen LogP contribution in [0.3, 0.4) is 0 Å². The molecule has 1 N–H and O–H groups in total. The van der Waals surface area contributed by atoms with Crippen molar-refractivity contribution in [1.82, 2.24) is 9.97 Å². The SMILES string of the molecule is C#Cc1cccc(C(=O)Nc2cc(C#N)cc(Oc3cncnc3)c2)c1. The van der Waals surface area contributed by atoms with Crippen molar-refractivity contribution in [3.63, 3.8) is 0 Å². The normalized spacial score (nSPS) is 9.62. The lowest BCUT2D eigenvalue weighted by Gasteiger charge is -2.10. The number of terminal acetylenes is 1. The van der Waals surface area contributed by atoms with Gasteiger partial charge >= 0.3 is 0 Å². The van der Waals surface area contributed by atoms with Crippen molar-refractivity contribution in [3.8, 4) is 29.9 Å². The molecule has 6 heteroatoms. The van der Waals surface area contributed by atoms with Gasteiger partial charge in [0, 0.05) is 22.9 Å². The van der Waals surface area contributed by atoms with Gasteiger partial charge in [0.05, 0.1) is 24.0 Å². The Morgan fingerprint density at radius 1 is 1.08 bits per heavy atom. The number of carbonyl (C=O) groups excluding carboxylic acids is 1. The first kappa shape index (κ1) is 16.7. The van der Waals surface area contributed by atoms with Gasteiger partial charge in [-0.3, -0.25) is 4.79 Å². The van der Waals surface area contributed by atoms with Crippen LogP contribution >= 0.6 is 0 Å². The third-order valence-corrected chi connectivity index (χ3v) is 3.36. The molecule has 0 spiro atoms. The molecule has 2 aromatic carbocycles. The molecule has 0 aliphatic carbocycles. The number of amides is 1. The second-order valence-electron chi connectivity index (χ2n) is 5.21. The highest BCUT2D eigenvalue weighted by molar-refractivity contribution is 6.04. The highest BCUT2D eigenvalue weighted by Gasteiger charge is 2.09. The minimum absolute atomic E-state index is 0.340. The summed E-state index contributed by atoms with van der Waals surface area (Å²) >= 11 is 0. The Morgan fingerprint density at radius 2 is 1.88 bits per heavy atom. The van der Waals surface area contributed by atoms with Crippen LogP contribution < -0.4 is 10.1 Å². The van der Waals surface area contributed by atoms with Gasteiger partial charge in [-0.1, -0.05) is 12.0 Å². The minimum Gasteiger partial charge on any atom is -0.454 e. The largest absolute Gasteiger partial charge is 0.454 e. The van der Waals surface area contributed by atoms with E-state index >= 15 is 0 Å².